The van der Waals surface area contributed by atoms with Crippen LogP contribution in [0.25, 0.3) is 0 Å². The molecule has 0 radical (unpaired) electrons. The Bertz CT molecular complexity index is 1200. The lowest BCUT2D eigenvalue weighted by atomic mass is 9.92. The van der Waals surface area contributed by atoms with Crippen molar-refractivity contribution in [3.05, 3.63) is 75.3 Å². The summed E-state index contributed by atoms with van der Waals surface area (Å²) in [6.45, 7) is 0. The summed E-state index contributed by atoms with van der Waals surface area (Å²) in [5.41, 5.74) is 0.408. The number of hydrogen-bond donors (Lipinski definition) is 4. The van der Waals surface area contributed by atoms with Crippen molar-refractivity contribution in [2.75, 3.05) is 16.0 Å². The average Bonchev–Trinajstić information content (AvgIpc) is 2.68. The maximum absolute atomic E-state index is 13.1. The van der Waals surface area contributed by atoms with Crippen molar-refractivity contribution >= 4 is 46.6 Å². The van der Waals surface area contributed by atoms with Gasteiger partial charge in [-0.3, -0.25) is 19.4 Å². The molecule has 0 saturated heterocycles. The van der Waals surface area contributed by atoms with E-state index >= 15 is 0 Å². The normalized spacial score (nSPS) is 15.1. The van der Waals surface area contributed by atoms with Crippen molar-refractivity contribution in [3.8, 4) is 0 Å². The van der Waals surface area contributed by atoms with Crippen molar-refractivity contribution in [3.63, 3.8) is 0 Å². The zero-order chi connectivity index (χ0) is 21.3. The van der Waals surface area contributed by atoms with Crippen molar-refractivity contribution < 1.29 is 14.0 Å². The fourth-order valence-corrected chi connectivity index (χ4v) is 3.31. The summed E-state index contributed by atoms with van der Waals surface area (Å²) in [6.07, 6.45) is -0.216. The lowest BCUT2D eigenvalue weighted by Gasteiger charge is -2.23. The van der Waals surface area contributed by atoms with Gasteiger partial charge in [-0.1, -0.05) is 17.7 Å². The van der Waals surface area contributed by atoms with Gasteiger partial charge in [0, 0.05) is 22.8 Å². The molecule has 0 aliphatic carbocycles. The summed E-state index contributed by atoms with van der Waals surface area (Å²) < 4.78 is 13.1. The van der Waals surface area contributed by atoms with Gasteiger partial charge in [0.1, 0.15) is 11.6 Å². The Kier molecular flexibility index (Phi) is 5.20. The highest BCUT2D eigenvalue weighted by Gasteiger charge is 2.34. The topological polar surface area (TPSA) is 116 Å². The first kappa shape index (κ1) is 19.6. The number of halogens is 2. The second-order valence-electron chi connectivity index (χ2n) is 6.61. The summed E-state index contributed by atoms with van der Waals surface area (Å²) in [6, 6.07) is 11.9. The van der Waals surface area contributed by atoms with E-state index in [4.69, 9.17) is 11.6 Å². The number of benzene rings is 2. The van der Waals surface area contributed by atoms with Gasteiger partial charge >= 0.3 is 0 Å². The van der Waals surface area contributed by atoms with Crippen molar-refractivity contribution in [2.45, 2.75) is 12.3 Å². The largest absolute Gasteiger partial charge is 0.326 e. The maximum atomic E-state index is 13.1. The van der Waals surface area contributed by atoms with Crippen LogP contribution in [0.3, 0.4) is 0 Å². The van der Waals surface area contributed by atoms with Crippen LogP contribution in [-0.2, 0) is 9.59 Å². The molecule has 30 heavy (non-hydrogen) atoms. The number of H-pyrrole nitrogens is 1. The van der Waals surface area contributed by atoms with Crippen molar-refractivity contribution in [1.29, 1.82) is 0 Å². The highest BCUT2D eigenvalue weighted by molar-refractivity contribution is 6.30. The van der Waals surface area contributed by atoms with Gasteiger partial charge in [-0.2, -0.15) is 4.98 Å². The number of carbonyl (C=O) groups is 2. The fraction of sp³-hybridized carbons (Fsp3) is 0.100. The third-order valence-corrected chi connectivity index (χ3v) is 4.70. The molecule has 0 bridgehead atoms. The van der Waals surface area contributed by atoms with E-state index in [0.29, 0.717) is 16.4 Å². The second kappa shape index (κ2) is 7.96. The molecule has 0 fully saturated rings. The third kappa shape index (κ3) is 4.15. The molecule has 4 rings (SSSR count). The van der Waals surface area contributed by atoms with Crippen LogP contribution in [-0.4, -0.2) is 21.8 Å². The number of anilines is 4. The monoisotopic (exact) mass is 427 g/mol. The molecule has 8 nitrogen and oxygen atoms in total. The number of nitrogens with one attached hydrogen (secondary N) is 4. The zero-order valence-electron chi connectivity index (χ0n) is 15.3. The summed E-state index contributed by atoms with van der Waals surface area (Å²) in [5.74, 6) is -2.43. The Hall–Kier alpha value is -3.72. The minimum atomic E-state index is -1.05. The molecule has 1 atom stereocenters. The van der Waals surface area contributed by atoms with Gasteiger partial charge < -0.3 is 16.0 Å². The molecule has 1 unspecified atom stereocenters. The van der Waals surface area contributed by atoms with Crippen molar-refractivity contribution in [2.24, 2.45) is 0 Å². The summed E-state index contributed by atoms with van der Waals surface area (Å²) in [4.78, 5) is 44.4. The Labute approximate surface area is 174 Å². The number of amides is 2. The zero-order valence-corrected chi connectivity index (χ0v) is 16.1. The summed E-state index contributed by atoms with van der Waals surface area (Å²) in [7, 11) is 0. The molecular weight excluding hydrogens is 413 g/mol. The van der Waals surface area contributed by atoms with Gasteiger partial charge in [0.15, 0.2) is 0 Å². The lowest BCUT2D eigenvalue weighted by Crippen LogP contribution is -2.36. The van der Waals surface area contributed by atoms with E-state index in [0.717, 1.165) is 0 Å². The second-order valence-corrected chi connectivity index (χ2v) is 7.05. The van der Waals surface area contributed by atoms with E-state index in [1.807, 2.05) is 0 Å². The molecule has 10 heteroatoms. The van der Waals surface area contributed by atoms with Crippen LogP contribution in [0.2, 0.25) is 5.02 Å². The molecule has 0 spiro atoms. The van der Waals surface area contributed by atoms with Crippen LogP contribution < -0.4 is 21.5 Å². The Morgan fingerprint density at radius 2 is 1.90 bits per heavy atom. The first-order chi connectivity index (χ1) is 14.4. The van der Waals surface area contributed by atoms with Crippen LogP contribution in [0, 0.1) is 5.82 Å². The number of nitrogens with zero attached hydrogens (tertiary/aromatic N) is 1. The molecule has 3 aromatic rings. The van der Waals surface area contributed by atoms with E-state index in [1.165, 1.54) is 24.3 Å². The molecule has 2 aromatic carbocycles. The van der Waals surface area contributed by atoms with E-state index in [2.05, 4.69) is 25.9 Å². The van der Waals surface area contributed by atoms with Crippen LogP contribution in [0.1, 0.15) is 17.9 Å². The standard InChI is InChI=1S/C20H15ClFN5O3/c21-10-2-1-3-13(8-10)24-20-26-17-16(19(30)27-20)14(9-15(28)25-17)18(29)23-12-6-4-11(22)5-7-12/h1-8,14H,9H2,(H,23,29)(H3,24,25,26,27,28,30). The van der Waals surface area contributed by atoms with Gasteiger partial charge in [-0.25, -0.2) is 4.39 Å². The van der Waals surface area contributed by atoms with Gasteiger partial charge in [-0.05, 0) is 42.5 Å². The van der Waals surface area contributed by atoms with Crippen LogP contribution >= 0.6 is 11.6 Å². The van der Waals surface area contributed by atoms with Crippen LogP contribution in [0.5, 0.6) is 0 Å². The molecule has 1 aliphatic rings. The molecule has 4 N–H and O–H groups in total. The first-order valence-corrected chi connectivity index (χ1v) is 9.30. The molecule has 1 aliphatic heterocycles. The smallest absolute Gasteiger partial charge is 0.258 e. The number of fused-ring (bicyclic) bond motifs is 1. The number of carbonyl (C=O) groups excluding carboxylic acids is 2. The Morgan fingerprint density at radius 3 is 2.63 bits per heavy atom. The highest BCUT2D eigenvalue weighted by atomic mass is 35.5. The molecule has 2 amide bonds. The summed E-state index contributed by atoms with van der Waals surface area (Å²) in [5, 5.41) is 8.51. The number of aromatic amines is 1. The average molecular weight is 428 g/mol. The van der Waals surface area contributed by atoms with Crippen LogP contribution in [0.4, 0.5) is 27.5 Å². The van der Waals surface area contributed by atoms with E-state index in [1.54, 1.807) is 24.3 Å². The van der Waals surface area contributed by atoms with Gasteiger partial charge in [0.25, 0.3) is 5.56 Å². The maximum Gasteiger partial charge on any atom is 0.258 e. The first-order valence-electron chi connectivity index (χ1n) is 8.92. The molecule has 152 valence electrons. The minimum absolute atomic E-state index is 0.00113. The predicted octanol–water partition coefficient (Wildman–Crippen LogP) is 3.37. The highest BCUT2D eigenvalue weighted by Crippen LogP contribution is 2.30. The fourth-order valence-electron chi connectivity index (χ4n) is 3.12. The molecule has 0 saturated carbocycles. The lowest BCUT2D eigenvalue weighted by molar-refractivity contribution is -0.123. The molecule has 1 aromatic heterocycles. The third-order valence-electron chi connectivity index (χ3n) is 4.47. The van der Waals surface area contributed by atoms with E-state index < -0.39 is 29.1 Å². The van der Waals surface area contributed by atoms with E-state index in [-0.39, 0.29) is 23.8 Å². The number of rotatable bonds is 4. The minimum Gasteiger partial charge on any atom is -0.326 e. The predicted molar refractivity (Wildman–Crippen MR) is 111 cm³/mol. The van der Waals surface area contributed by atoms with Gasteiger partial charge in [0.2, 0.25) is 17.8 Å². The number of aromatic nitrogens is 2. The van der Waals surface area contributed by atoms with E-state index in [9.17, 15) is 18.8 Å². The quantitative estimate of drug-likeness (QED) is 0.509. The van der Waals surface area contributed by atoms with Crippen LogP contribution in [0.15, 0.2) is 53.3 Å². The van der Waals surface area contributed by atoms with Crippen molar-refractivity contribution in [1.82, 2.24) is 9.97 Å². The summed E-state index contributed by atoms with van der Waals surface area (Å²) >= 11 is 5.95. The van der Waals surface area contributed by atoms with Gasteiger partial charge in [0.05, 0.1) is 11.5 Å². The molecule has 2 heterocycles. The van der Waals surface area contributed by atoms with Gasteiger partial charge in [-0.15, -0.1) is 0 Å². The Morgan fingerprint density at radius 1 is 1.13 bits per heavy atom. The number of hydrogen-bond acceptors (Lipinski definition) is 5. The SMILES string of the molecule is O=C1CC(C(=O)Nc2ccc(F)cc2)c2c(nc(Nc3cccc(Cl)c3)[nH]c2=O)N1. The Balaban J connectivity index is 1.63. The molecular formula is C20H15ClFN5O3.